The number of unbranched alkanes of at least 4 members (excludes halogenated alkanes) is 42. The monoisotopic (exact) mass is 952 g/mol. The molecule has 0 aliphatic carbocycles. The summed E-state index contributed by atoms with van der Waals surface area (Å²) in [6.07, 6.45) is 59.6. The van der Waals surface area contributed by atoms with Crippen LogP contribution in [0, 0.1) is 0 Å². The predicted molar refractivity (Wildman–Crippen MR) is 259 cm³/mol. The molecular weight excluding hydrogens is 847 g/mol. The van der Waals surface area contributed by atoms with Gasteiger partial charge in [-0.15, -0.1) is 0 Å². The first-order valence-electron chi connectivity index (χ1n) is 26.9. The maximum atomic E-state index is 10.2. The van der Waals surface area contributed by atoms with Crippen molar-refractivity contribution in [3.63, 3.8) is 0 Å². The predicted octanol–water partition coefficient (Wildman–Crippen LogP) is 8.62. The molecule has 6 nitrogen and oxygen atoms in total. The van der Waals surface area contributed by atoms with Crippen LogP contribution in [0.25, 0.3) is 0 Å². The minimum atomic E-state index is -0.903. The average molecular weight is 953 g/mol. The van der Waals surface area contributed by atoms with Crippen molar-refractivity contribution in [1.82, 2.24) is 0 Å². The van der Waals surface area contributed by atoms with Gasteiger partial charge in [0.05, 0.1) is 0 Å². The van der Waals surface area contributed by atoms with Crippen LogP contribution < -0.4 is 96.3 Å². The van der Waals surface area contributed by atoms with Crippen LogP contribution in [-0.2, 0) is 14.4 Å². The van der Waals surface area contributed by atoms with Gasteiger partial charge in [-0.25, -0.2) is 0 Å². The number of carboxylic acid groups (broad SMARTS) is 3. The van der Waals surface area contributed by atoms with Crippen LogP contribution in [0.15, 0.2) is 0 Å². The molecule has 0 N–H and O–H groups in total. The molecule has 0 fully saturated rings. The topological polar surface area (TPSA) is 120 Å². The second kappa shape index (κ2) is 73.3. The molecule has 0 unspecified atom stereocenters. The first-order chi connectivity index (χ1) is 29.3. The number of carbonyl (C=O) groups is 3. The second-order valence-corrected chi connectivity index (χ2v) is 18.2. The van der Waals surface area contributed by atoms with Crippen molar-refractivity contribution < 1.29 is 111 Å². The van der Waals surface area contributed by atoms with E-state index < -0.39 is 17.9 Å². The van der Waals surface area contributed by atoms with Crippen molar-refractivity contribution in [3.8, 4) is 0 Å². The van der Waals surface area contributed by atoms with Gasteiger partial charge < -0.3 is 29.7 Å². The van der Waals surface area contributed by atoms with Crippen LogP contribution in [-0.4, -0.2) is 55.6 Å². The van der Waals surface area contributed by atoms with Gasteiger partial charge >= 0.3 is 119 Å². The Morgan fingerprint density at radius 1 is 0.238 bits per heavy atom. The van der Waals surface area contributed by atoms with Crippen molar-refractivity contribution in [2.45, 2.75) is 329 Å². The summed E-state index contributed by atoms with van der Waals surface area (Å²) in [7, 11) is 0. The minimum Gasteiger partial charge on any atom is -0.550 e. The van der Waals surface area contributed by atoms with Crippen LogP contribution in [0.1, 0.15) is 329 Å². The molecule has 0 aliphatic heterocycles. The second-order valence-electron chi connectivity index (χ2n) is 18.2. The van der Waals surface area contributed by atoms with Crippen molar-refractivity contribution in [3.05, 3.63) is 0 Å². The molecule has 0 atom stereocenters. The number of aliphatic carboxylic acids is 3. The van der Waals surface area contributed by atoms with E-state index in [0.717, 1.165) is 38.5 Å². The van der Waals surface area contributed by atoms with Gasteiger partial charge in [0, 0.05) is 17.9 Å². The van der Waals surface area contributed by atoms with E-state index in [1.54, 1.807) is 0 Å². The molecule has 63 heavy (non-hydrogen) atoms. The Morgan fingerprint density at radius 3 is 0.429 bits per heavy atom. The number of rotatable bonds is 48. The van der Waals surface area contributed by atoms with Crippen LogP contribution in [0.5, 0.6) is 0 Å². The summed E-state index contributed by atoms with van der Waals surface area (Å²) in [5.41, 5.74) is 0. The number of hydrogen-bond acceptors (Lipinski definition) is 6. The number of carbonyl (C=O) groups excluding carboxylic acids is 3. The summed E-state index contributed by atoms with van der Waals surface area (Å²) < 4.78 is 0. The Labute approximate surface area is 488 Å². The Morgan fingerprint density at radius 2 is 0.333 bits per heavy atom. The SMILES string of the molecule is CCCCCCCCCCCCCCCCCC(=O)[O-].CCCCCCCCCCCCCCCCCC(=O)[O-].CCCCCCCCCCCCCCCCCC(=O)[O-].[Ca+2].[K+].[Na+]. The maximum Gasteiger partial charge on any atom is 2.00 e. The Kier molecular flexibility index (Phi) is 89.3. The third-order valence-corrected chi connectivity index (χ3v) is 12.0. The molecular formula is C54H105CaKNaO6+. The van der Waals surface area contributed by atoms with Gasteiger partial charge in [-0.2, -0.15) is 0 Å². The molecule has 9 heteroatoms. The summed E-state index contributed by atoms with van der Waals surface area (Å²) >= 11 is 0. The molecule has 0 radical (unpaired) electrons. The smallest absolute Gasteiger partial charge is 0.550 e. The molecule has 0 aromatic rings. The molecule has 0 rings (SSSR count). The van der Waals surface area contributed by atoms with E-state index in [4.69, 9.17) is 0 Å². The van der Waals surface area contributed by atoms with Gasteiger partial charge in [0.1, 0.15) is 0 Å². The molecule has 0 aromatic heterocycles. The molecule has 0 saturated carbocycles. The van der Waals surface area contributed by atoms with Gasteiger partial charge in [-0.05, 0) is 38.5 Å². The molecule has 0 aliphatic rings. The molecule has 360 valence electrons. The van der Waals surface area contributed by atoms with Crippen LogP contribution in [0.3, 0.4) is 0 Å². The molecule has 0 bridgehead atoms. The van der Waals surface area contributed by atoms with Crippen molar-refractivity contribution in [2.24, 2.45) is 0 Å². The third-order valence-electron chi connectivity index (χ3n) is 12.0. The van der Waals surface area contributed by atoms with Crippen LogP contribution >= 0.6 is 0 Å². The van der Waals surface area contributed by atoms with Crippen molar-refractivity contribution in [2.75, 3.05) is 0 Å². The zero-order valence-corrected chi connectivity index (χ0v) is 50.9. The largest absolute Gasteiger partial charge is 2.00 e. The third kappa shape index (κ3) is 87.9. The van der Waals surface area contributed by atoms with Gasteiger partial charge in [0.2, 0.25) is 0 Å². The summed E-state index contributed by atoms with van der Waals surface area (Å²) in [6.45, 7) is 6.80. The fourth-order valence-corrected chi connectivity index (χ4v) is 7.92. The van der Waals surface area contributed by atoms with E-state index in [-0.39, 0.29) is 138 Å². The maximum absolute atomic E-state index is 10.2. The van der Waals surface area contributed by atoms with E-state index >= 15 is 0 Å². The molecule has 0 spiro atoms. The van der Waals surface area contributed by atoms with E-state index in [9.17, 15) is 29.7 Å². The average Bonchev–Trinajstić information content (AvgIpc) is 3.22. The normalized spacial score (nSPS) is 10.3. The van der Waals surface area contributed by atoms with E-state index in [1.807, 2.05) is 0 Å². The van der Waals surface area contributed by atoms with Crippen LogP contribution in [0.4, 0.5) is 0 Å². The Balaban J connectivity index is -0.000000189. The molecule has 0 aromatic carbocycles. The minimum absolute atomic E-state index is 0. The van der Waals surface area contributed by atoms with Gasteiger partial charge in [-0.3, -0.25) is 0 Å². The molecule has 0 saturated heterocycles. The van der Waals surface area contributed by atoms with E-state index in [2.05, 4.69) is 20.8 Å². The molecule has 0 heterocycles. The first-order valence-corrected chi connectivity index (χ1v) is 26.9. The fraction of sp³-hybridized carbons (Fsp3) is 0.944. The van der Waals surface area contributed by atoms with Gasteiger partial charge in [-0.1, -0.05) is 290 Å². The summed E-state index contributed by atoms with van der Waals surface area (Å²) in [4.78, 5) is 30.7. The quantitative estimate of drug-likeness (QED) is 0.0445. The van der Waals surface area contributed by atoms with E-state index in [1.165, 1.54) is 250 Å². The Bertz CT molecular complexity index is 732. The zero-order valence-electron chi connectivity index (χ0n) is 43.6. The standard InChI is InChI=1S/3C18H36O2.Ca.K.Na/c3*1-2-3-4-5-6-7-8-9-10-11-12-13-14-15-16-17-18(19)20;;;/h3*2-17H2,1H3,(H,19,20);;;/q;;;+2;2*+1/p-3. The first kappa shape index (κ1) is 76.8. The van der Waals surface area contributed by atoms with Gasteiger partial charge in [0.15, 0.2) is 0 Å². The zero-order chi connectivity index (χ0) is 44.7. The van der Waals surface area contributed by atoms with Crippen molar-refractivity contribution >= 4 is 55.6 Å². The molecule has 0 amide bonds. The van der Waals surface area contributed by atoms with Gasteiger partial charge in [0.25, 0.3) is 0 Å². The Hall–Kier alpha value is 2.31. The van der Waals surface area contributed by atoms with Crippen molar-refractivity contribution in [1.29, 1.82) is 0 Å². The fourth-order valence-electron chi connectivity index (χ4n) is 7.92. The summed E-state index contributed by atoms with van der Waals surface area (Å²) in [5.74, 6) is -2.71. The number of carboxylic acids is 3. The summed E-state index contributed by atoms with van der Waals surface area (Å²) in [6, 6.07) is 0. The number of hydrogen-bond donors (Lipinski definition) is 0. The van der Waals surface area contributed by atoms with E-state index in [0.29, 0.717) is 0 Å². The summed E-state index contributed by atoms with van der Waals surface area (Å²) in [5, 5.41) is 30.7. The van der Waals surface area contributed by atoms with Crippen LogP contribution in [0.2, 0.25) is 0 Å².